The van der Waals surface area contributed by atoms with E-state index >= 15 is 0 Å². The fourth-order valence-electron chi connectivity index (χ4n) is 1.44. The molecule has 1 saturated heterocycles. The monoisotopic (exact) mass is 142 g/mol. The van der Waals surface area contributed by atoms with Gasteiger partial charge in [-0.05, 0) is 24.7 Å². The molecule has 2 N–H and O–H groups in total. The van der Waals surface area contributed by atoms with Crippen LogP contribution in [-0.4, -0.2) is 18.1 Å². The molecule has 0 radical (unpaired) electrons. The van der Waals surface area contributed by atoms with Gasteiger partial charge in [0.05, 0.1) is 0 Å². The van der Waals surface area contributed by atoms with Gasteiger partial charge in [-0.1, -0.05) is 13.8 Å². The third kappa shape index (κ3) is 2.27. The molecule has 0 aromatic heterocycles. The highest BCUT2D eigenvalue weighted by Gasteiger charge is 2.21. The number of hydrazine groups is 1. The minimum absolute atomic E-state index is 0.522. The predicted molar refractivity (Wildman–Crippen MR) is 43.4 cm³/mol. The molecule has 0 aromatic carbocycles. The van der Waals surface area contributed by atoms with Crippen molar-refractivity contribution in [3.63, 3.8) is 0 Å². The average molecular weight is 142 g/mol. The van der Waals surface area contributed by atoms with Gasteiger partial charge in [-0.25, -0.2) is 5.01 Å². The van der Waals surface area contributed by atoms with Crippen molar-refractivity contribution in [2.75, 3.05) is 13.1 Å². The number of rotatable bonds is 0. The molecule has 1 fully saturated rings. The lowest BCUT2D eigenvalue weighted by molar-refractivity contribution is 0.269. The molecule has 1 aliphatic rings. The number of nitrogens with zero attached hydrogens (tertiary/aromatic N) is 1. The summed E-state index contributed by atoms with van der Waals surface area (Å²) in [4.78, 5) is 0. The van der Waals surface area contributed by atoms with Gasteiger partial charge in [0, 0.05) is 13.1 Å². The number of hydrogen-bond donors (Lipinski definition) is 1. The fourth-order valence-corrected chi connectivity index (χ4v) is 1.44. The van der Waals surface area contributed by atoms with Gasteiger partial charge in [-0.2, -0.15) is 0 Å². The van der Waals surface area contributed by atoms with Gasteiger partial charge in [0.2, 0.25) is 0 Å². The Hall–Kier alpha value is -0.0800. The van der Waals surface area contributed by atoms with Gasteiger partial charge in [0.25, 0.3) is 0 Å². The Morgan fingerprint density at radius 2 is 1.90 bits per heavy atom. The summed E-state index contributed by atoms with van der Waals surface area (Å²) in [5.41, 5.74) is 0.522. The molecule has 60 valence electrons. The van der Waals surface area contributed by atoms with Crippen LogP contribution in [-0.2, 0) is 0 Å². The first-order valence-corrected chi connectivity index (χ1v) is 4.10. The zero-order valence-electron chi connectivity index (χ0n) is 7.06. The van der Waals surface area contributed by atoms with Crippen molar-refractivity contribution in [1.29, 1.82) is 0 Å². The van der Waals surface area contributed by atoms with E-state index in [0.717, 1.165) is 13.1 Å². The Morgan fingerprint density at radius 3 is 2.60 bits per heavy atom. The summed E-state index contributed by atoms with van der Waals surface area (Å²) in [5.74, 6) is 5.69. The summed E-state index contributed by atoms with van der Waals surface area (Å²) in [6.45, 7) is 6.79. The first-order valence-electron chi connectivity index (χ1n) is 4.10. The van der Waals surface area contributed by atoms with Crippen LogP contribution >= 0.6 is 0 Å². The molecule has 0 aromatic rings. The van der Waals surface area contributed by atoms with E-state index in [4.69, 9.17) is 5.84 Å². The topological polar surface area (TPSA) is 29.3 Å². The lowest BCUT2D eigenvalue weighted by Gasteiger charge is -2.21. The van der Waals surface area contributed by atoms with E-state index in [1.165, 1.54) is 19.3 Å². The Balaban J connectivity index is 2.41. The quantitative estimate of drug-likeness (QED) is 0.518. The summed E-state index contributed by atoms with van der Waals surface area (Å²) in [6, 6.07) is 0. The van der Waals surface area contributed by atoms with Crippen LogP contribution in [0.2, 0.25) is 0 Å². The molecule has 0 unspecified atom stereocenters. The molecule has 0 atom stereocenters. The van der Waals surface area contributed by atoms with Crippen molar-refractivity contribution in [2.24, 2.45) is 11.3 Å². The average Bonchev–Trinajstić information content (AvgIpc) is 1.94. The normalized spacial score (nSPS) is 27.9. The van der Waals surface area contributed by atoms with Crippen molar-refractivity contribution in [2.45, 2.75) is 33.1 Å². The highest BCUT2D eigenvalue weighted by Crippen LogP contribution is 2.28. The third-order valence-electron chi connectivity index (χ3n) is 2.37. The fraction of sp³-hybridized carbons (Fsp3) is 1.00. The maximum absolute atomic E-state index is 5.69. The summed E-state index contributed by atoms with van der Waals surface area (Å²) in [5, 5.41) is 1.94. The number of hydrogen-bond acceptors (Lipinski definition) is 2. The Bertz CT molecular complexity index is 110. The van der Waals surface area contributed by atoms with Crippen LogP contribution in [0.25, 0.3) is 0 Å². The lowest BCUT2D eigenvalue weighted by Crippen LogP contribution is -2.32. The van der Waals surface area contributed by atoms with E-state index in [0.29, 0.717) is 5.41 Å². The van der Waals surface area contributed by atoms with E-state index in [-0.39, 0.29) is 0 Å². The first kappa shape index (κ1) is 8.02. The smallest absolute Gasteiger partial charge is 0.0133 e. The van der Waals surface area contributed by atoms with E-state index in [1.54, 1.807) is 0 Å². The van der Waals surface area contributed by atoms with Crippen LogP contribution in [0.1, 0.15) is 33.1 Å². The summed E-state index contributed by atoms with van der Waals surface area (Å²) in [7, 11) is 0. The molecular weight excluding hydrogens is 124 g/mol. The van der Waals surface area contributed by atoms with Gasteiger partial charge in [-0.15, -0.1) is 0 Å². The second-order valence-corrected chi connectivity index (χ2v) is 4.05. The molecular formula is C8H18N2. The van der Waals surface area contributed by atoms with Gasteiger partial charge in [-0.3, -0.25) is 5.84 Å². The minimum Gasteiger partial charge on any atom is -0.269 e. The standard InChI is InChI=1S/C8H18N2/c1-8(2)4-3-6-10(9)7-5-8/h3-7,9H2,1-2H3. The van der Waals surface area contributed by atoms with Crippen LogP contribution in [0.15, 0.2) is 0 Å². The summed E-state index contributed by atoms with van der Waals surface area (Å²) >= 11 is 0. The molecule has 1 rings (SSSR count). The van der Waals surface area contributed by atoms with Crippen molar-refractivity contribution in [3.05, 3.63) is 0 Å². The van der Waals surface area contributed by atoms with Crippen molar-refractivity contribution in [3.8, 4) is 0 Å². The van der Waals surface area contributed by atoms with Crippen LogP contribution in [0.5, 0.6) is 0 Å². The van der Waals surface area contributed by atoms with Gasteiger partial charge in [0.15, 0.2) is 0 Å². The molecule has 0 bridgehead atoms. The largest absolute Gasteiger partial charge is 0.269 e. The van der Waals surface area contributed by atoms with Crippen molar-refractivity contribution < 1.29 is 0 Å². The maximum atomic E-state index is 5.69. The SMILES string of the molecule is CC1(C)CCCN(N)CC1. The molecule has 0 spiro atoms. The van der Waals surface area contributed by atoms with E-state index in [1.807, 2.05) is 5.01 Å². The van der Waals surface area contributed by atoms with Gasteiger partial charge < -0.3 is 0 Å². The summed E-state index contributed by atoms with van der Waals surface area (Å²) in [6.07, 6.45) is 3.81. The van der Waals surface area contributed by atoms with Crippen LogP contribution in [0, 0.1) is 5.41 Å². The molecule has 10 heavy (non-hydrogen) atoms. The predicted octanol–water partition coefficient (Wildman–Crippen LogP) is 1.37. The van der Waals surface area contributed by atoms with Crippen LogP contribution in [0.4, 0.5) is 0 Å². The van der Waals surface area contributed by atoms with Crippen molar-refractivity contribution >= 4 is 0 Å². The van der Waals surface area contributed by atoms with E-state index in [2.05, 4.69) is 13.8 Å². The highest BCUT2D eigenvalue weighted by atomic mass is 15.4. The third-order valence-corrected chi connectivity index (χ3v) is 2.37. The van der Waals surface area contributed by atoms with E-state index in [9.17, 15) is 0 Å². The molecule has 0 aliphatic carbocycles. The Labute approximate surface area is 63.4 Å². The van der Waals surface area contributed by atoms with Crippen LogP contribution in [0.3, 0.4) is 0 Å². The minimum atomic E-state index is 0.522. The molecule has 1 aliphatic heterocycles. The molecule has 0 amide bonds. The number of nitrogens with two attached hydrogens (primary N) is 1. The van der Waals surface area contributed by atoms with Crippen molar-refractivity contribution in [1.82, 2.24) is 5.01 Å². The highest BCUT2D eigenvalue weighted by molar-refractivity contribution is 4.73. The maximum Gasteiger partial charge on any atom is 0.0133 e. The van der Waals surface area contributed by atoms with Gasteiger partial charge >= 0.3 is 0 Å². The lowest BCUT2D eigenvalue weighted by atomic mass is 9.85. The van der Waals surface area contributed by atoms with Gasteiger partial charge in [0.1, 0.15) is 0 Å². The van der Waals surface area contributed by atoms with Crippen LogP contribution < -0.4 is 5.84 Å². The first-order chi connectivity index (χ1) is 4.60. The molecule has 2 heteroatoms. The molecule has 2 nitrogen and oxygen atoms in total. The summed E-state index contributed by atoms with van der Waals surface area (Å²) < 4.78 is 0. The Kier molecular flexibility index (Phi) is 2.32. The zero-order chi connectivity index (χ0) is 7.61. The second kappa shape index (κ2) is 2.89. The van der Waals surface area contributed by atoms with E-state index < -0.39 is 0 Å². The molecule has 0 saturated carbocycles. The zero-order valence-corrected chi connectivity index (χ0v) is 7.06. The molecule has 1 heterocycles. The second-order valence-electron chi connectivity index (χ2n) is 4.05. The Morgan fingerprint density at radius 1 is 1.20 bits per heavy atom.